The lowest BCUT2D eigenvalue weighted by Gasteiger charge is -2.13. The van der Waals surface area contributed by atoms with E-state index in [-0.39, 0.29) is 0 Å². The Hall–Kier alpha value is -4.43. The van der Waals surface area contributed by atoms with Crippen LogP contribution in [0, 0.1) is 0 Å². The molecular weight excluding hydrogens is 400 g/mol. The lowest BCUT2D eigenvalue weighted by Crippen LogP contribution is -1.96. The first-order valence-corrected chi connectivity index (χ1v) is 11.2. The number of hydrogen-bond acceptors (Lipinski definition) is 1. The van der Waals surface area contributed by atoms with E-state index in [1.54, 1.807) is 0 Å². The molecule has 33 heavy (non-hydrogen) atoms. The van der Waals surface area contributed by atoms with Crippen LogP contribution in [0.4, 0.5) is 0 Å². The number of pyridine rings is 1. The van der Waals surface area contributed by atoms with Crippen LogP contribution in [-0.2, 0) is 0 Å². The van der Waals surface area contributed by atoms with Crippen molar-refractivity contribution in [2.45, 2.75) is 0 Å². The molecule has 0 saturated heterocycles. The second kappa shape index (κ2) is 7.04. The average Bonchev–Trinajstić information content (AvgIpc) is 3.22. The molecule has 0 spiro atoms. The maximum atomic E-state index is 5.00. The average molecular weight is 421 g/mol. The number of para-hydroxylation sites is 2. The first kappa shape index (κ1) is 18.2. The van der Waals surface area contributed by atoms with Gasteiger partial charge in [-0.05, 0) is 51.9 Å². The molecule has 0 aliphatic rings. The Balaban J connectivity index is 1.48. The highest BCUT2D eigenvalue weighted by molar-refractivity contribution is 6.12. The van der Waals surface area contributed by atoms with Gasteiger partial charge in [-0.25, -0.2) is 0 Å². The molecule has 0 saturated carbocycles. The van der Waals surface area contributed by atoms with Crippen LogP contribution in [0.1, 0.15) is 0 Å². The van der Waals surface area contributed by atoms with E-state index in [4.69, 9.17) is 4.98 Å². The minimum absolute atomic E-state index is 0.993. The Labute approximate surface area is 191 Å². The van der Waals surface area contributed by atoms with Crippen molar-refractivity contribution in [1.29, 1.82) is 0 Å². The van der Waals surface area contributed by atoms with Crippen molar-refractivity contribution in [1.82, 2.24) is 9.55 Å². The molecular formula is C31H20N2. The number of rotatable bonds is 2. The molecule has 0 aliphatic carbocycles. The van der Waals surface area contributed by atoms with Gasteiger partial charge in [-0.15, -0.1) is 0 Å². The number of fused-ring (bicyclic) bond motifs is 5. The summed E-state index contributed by atoms with van der Waals surface area (Å²) in [6.07, 6.45) is 2.00. The van der Waals surface area contributed by atoms with Gasteiger partial charge >= 0.3 is 0 Å². The van der Waals surface area contributed by atoms with Gasteiger partial charge < -0.3 is 4.57 Å². The molecule has 2 nitrogen and oxygen atoms in total. The predicted molar refractivity (Wildman–Crippen MR) is 139 cm³/mol. The van der Waals surface area contributed by atoms with Crippen molar-refractivity contribution in [2.24, 2.45) is 0 Å². The third-order valence-electron chi connectivity index (χ3n) is 6.61. The van der Waals surface area contributed by atoms with Gasteiger partial charge in [-0.2, -0.15) is 0 Å². The van der Waals surface area contributed by atoms with Crippen LogP contribution < -0.4 is 0 Å². The Kier molecular flexibility index (Phi) is 3.88. The number of nitrogens with zero attached hydrogens (tertiary/aromatic N) is 2. The van der Waals surface area contributed by atoms with Gasteiger partial charge in [0.05, 0.1) is 28.6 Å². The van der Waals surface area contributed by atoms with E-state index < -0.39 is 0 Å². The maximum Gasteiger partial charge on any atom is 0.0716 e. The molecule has 5 aromatic carbocycles. The Morgan fingerprint density at radius 1 is 0.485 bits per heavy atom. The van der Waals surface area contributed by atoms with Crippen molar-refractivity contribution < 1.29 is 0 Å². The minimum atomic E-state index is 0.993. The molecule has 0 bridgehead atoms. The molecule has 2 heteroatoms. The number of hydrogen-bond donors (Lipinski definition) is 0. The molecule has 0 aliphatic heterocycles. The Morgan fingerprint density at radius 3 is 1.55 bits per heavy atom. The van der Waals surface area contributed by atoms with Crippen molar-refractivity contribution >= 4 is 43.4 Å². The van der Waals surface area contributed by atoms with Gasteiger partial charge in [0.1, 0.15) is 0 Å². The molecule has 2 aromatic heterocycles. The van der Waals surface area contributed by atoms with Crippen LogP contribution in [0.25, 0.3) is 60.3 Å². The van der Waals surface area contributed by atoms with Crippen LogP contribution in [0.5, 0.6) is 0 Å². The van der Waals surface area contributed by atoms with Crippen molar-refractivity contribution in [3.05, 3.63) is 121 Å². The largest absolute Gasteiger partial charge is 0.308 e. The quantitative estimate of drug-likeness (QED) is 0.258. The zero-order valence-corrected chi connectivity index (χ0v) is 17.9. The second-order valence-corrected chi connectivity index (χ2v) is 8.47. The molecule has 0 N–H and O–H groups in total. The summed E-state index contributed by atoms with van der Waals surface area (Å²) in [7, 11) is 0. The van der Waals surface area contributed by atoms with Gasteiger partial charge in [0.2, 0.25) is 0 Å². The van der Waals surface area contributed by atoms with E-state index in [0.717, 1.165) is 11.4 Å². The molecule has 0 unspecified atom stereocenters. The third kappa shape index (κ3) is 2.71. The van der Waals surface area contributed by atoms with Crippen LogP contribution in [0.3, 0.4) is 0 Å². The SMILES string of the molecule is c1ccc2c(-c3ccc(-n4c5ccccc5c5ccccc54)cn3)c3ccccc3cc2c1. The molecule has 0 atom stereocenters. The number of aromatic nitrogens is 2. The third-order valence-corrected chi connectivity index (χ3v) is 6.61. The normalized spacial score (nSPS) is 11.6. The van der Waals surface area contributed by atoms with Gasteiger partial charge in [-0.3, -0.25) is 4.98 Å². The predicted octanol–water partition coefficient (Wildman–Crippen LogP) is 8.15. The lowest BCUT2D eigenvalue weighted by atomic mass is 9.94. The van der Waals surface area contributed by atoms with Crippen LogP contribution in [-0.4, -0.2) is 9.55 Å². The molecule has 7 aromatic rings. The fourth-order valence-electron chi connectivity index (χ4n) is 5.16. The van der Waals surface area contributed by atoms with E-state index in [1.165, 1.54) is 48.9 Å². The minimum Gasteiger partial charge on any atom is -0.308 e. The number of benzene rings is 5. The second-order valence-electron chi connectivity index (χ2n) is 8.47. The van der Waals surface area contributed by atoms with E-state index in [0.29, 0.717) is 0 Å². The van der Waals surface area contributed by atoms with Crippen LogP contribution in [0.2, 0.25) is 0 Å². The molecule has 154 valence electrons. The molecule has 2 heterocycles. The van der Waals surface area contributed by atoms with Gasteiger partial charge in [0.25, 0.3) is 0 Å². The van der Waals surface area contributed by atoms with Gasteiger partial charge in [-0.1, -0.05) is 84.9 Å². The van der Waals surface area contributed by atoms with E-state index in [9.17, 15) is 0 Å². The summed E-state index contributed by atoms with van der Waals surface area (Å²) in [5, 5.41) is 7.45. The fourth-order valence-corrected chi connectivity index (χ4v) is 5.16. The van der Waals surface area contributed by atoms with Crippen LogP contribution >= 0.6 is 0 Å². The van der Waals surface area contributed by atoms with E-state index in [1.807, 2.05) is 6.20 Å². The molecule has 0 fully saturated rings. The zero-order chi connectivity index (χ0) is 21.8. The summed E-state index contributed by atoms with van der Waals surface area (Å²) >= 11 is 0. The standard InChI is InChI=1S/C31H20N2/c1-3-11-24-21(9-1)19-22-10-2-4-12-25(22)31(24)28-18-17-23(20-32-28)33-29-15-7-5-13-26(29)27-14-6-8-16-30(27)33/h1-20H. The van der Waals surface area contributed by atoms with E-state index >= 15 is 0 Å². The molecule has 0 amide bonds. The highest BCUT2D eigenvalue weighted by Gasteiger charge is 2.14. The maximum absolute atomic E-state index is 5.00. The van der Waals surface area contributed by atoms with Crippen LogP contribution in [0.15, 0.2) is 121 Å². The Morgan fingerprint density at radius 2 is 1.00 bits per heavy atom. The lowest BCUT2D eigenvalue weighted by molar-refractivity contribution is 1.14. The van der Waals surface area contributed by atoms with Crippen molar-refractivity contribution in [3.8, 4) is 16.9 Å². The van der Waals surface area contributed by atoms with Crippen molar-refractivity contribution in [2.75, 3.05) is 0 Å². The first-order valence-electron chi connectivity index (χ1n) is 11.2. The monoisotopic (exact) mass is 420 g/mol. The summed E-state index contributed by atoms with van der Waals surface area (Å²) in [5.41, 5.74) is 5.65. The topological polar surface area (TPSA) is 17.8 Å². The summed E-state index contributed by atoms with van der Waals surface area (Å²) in [6.45, 7) is 0. The Bertz CT molecular complexity index is 1700. The first-order chi connectivity index (χ1) is 16.4. The summed E-state index contributed by atoms with van der Waals surface area (Å²) in [6, 6.07) is 40.9. The smallest absolute Gasteiger partial charge is 0.0716 e. The highest BCUT2D eigenvalue weighted by atomic mass is 15.0. The molecule has 7 rings (SSSR count). The van der Waals surface area contributed by atoms with Crippen molar-refractivity contribution in [3.63, 3.8) is 0 Å². The fraction of sp³-hybridized carbons (Fsp3) is 0. The summed E-state index contributed by atoms with van der Waals surface area (Å²) < 4.78 is 2.31. The van der Waals surface area contributed by atoms with E-state index in [2.05, 4.69) is 120 Å². The zero-order valence-electron chi connectivity index (χ0n) is 17.9. The summed E-state index contributed by atoms with van der Waals surface area (Å²) in [5.74, 6) is 0. The highest BCUT2D eigenvalue weighted by Crippen LogP contribution is 2.36. The summed E-state index contributed by atoms with van der Waals surface area (Å²) in [4.78, 5) is 5.00. The molecule has 0 radical (unpaired) electrons. The van der Waals surface area contributed by atoms with Gasteiger partial charge in [0.15, 0.2) is 0 Å². The van der Waals surface area contributed by atoms with Gasteiger partial charge in [0, 0.05) is 16.3 Å².